The average Bonchev–Trinajstić information content (AvgIpc) is 2.85. The summed E-state index contributed by atoms with van der Waals surface area (Å²) in [5.74, 6) is -1.81. The second-order valence-corrected chi connectivity index (χ2v) is 4.01. The molecule has 0 aliphatic carbocycles. The number of hydrogen-bond donors (Lipinski definition) is 1. The maximum Gasteiger partial charge on any atom is 0.338 e. The van der Waals surface area contributed by atoms with Crippen LogP contribution in [0.5, 0.6) is 5.75 Å². The molecule has 1 heterocycles. The van der Waals surface area contributed by atoms with Crippen LogP contribution in [0.3, 0.4) is 0 Å². The van der Waals surface area contributed by atoms with E-state index in [9.17, 15) is 14.3 Å². The first kappa shape index (κ1) is 11.7. The maximum atomic E-state index is 13.5. The molecule has 0 atom stereocenters. The molecule has 0 unspecified atom stereocenters. The van der Waals surface area contributed by atoms with E-state index in [0.717, 1.165) is 32.0 Å². The number of carbonyl (C=O) groups is 1. The number of benzene rings is 1. The lowest BCUT2D eigenvalue weighted by Gasteiger charge is -2.19. The van der Waals surface area contributed by atoms with E-state index in [1.807, 2.05) is 4.90 Å². The first-order valence-corrected chi connectivity index (χ1v) is 5.49. The Morgan fingerprint density at radius 1 is 1.41 bits per heavy atom. The van der Waals surface area contributed by atoms with Gasteiger partial charge in [0.05, 0.1) is 18.4 Å². The third-order valence-corrected chi connectivity index (χ3v) is 2.91. The van der Waals surface area contributed by atoms with Gasteiger partial charge >= 0.3 is 5.97 Å². The Balaban J connectivity index is 2.42. The summed E-state index contributed by atoms with van der Waals surface area (Å²) in [4.78, 5) is 13.2. The second kappa shape index (κ2) is 4.61. The van der Waals surface area contributed by atoms with Crippen LogP contribution in [0, 0.1) is 5.82 Å². The van der Waals surface area contributed by atoms with Crippen LogP contribution >= 0.6 is 0 Å². The Morgan fingerprint density at radius 2 is 2.06 bits per heavy atom. The topological polar surface area (TPSA) is 49.8 Å². The smallest absolute Gasteiger partial charge is 0.338 e. The molecule has 1 aromatic rings. The largest absolute Gasteiger partial charge is 0.503 e. The molecule has 1 aliphatic heterocycles. The molecule has 0 aromatic heterocycles. The summed E-state index contributed by atoms with van der Waals surface area (Å²) in [7, 11) is 1.24. The van der Waals surface area contributed by atoms with Gasteiger partial charge in [0.15, 0.2) is 11.6 Å². The zero-order valence-electron chi connectivity index (χ0n) is 9.57. The van der Waals surface area contributed by atoms with Gasteiger partial charge in [0.25, 0.3) is 0 Å². The minimum Gasteiger partial charge on any atom is -0.503 e. The van der Waals surface area contributed by atoms with Crippen molar-refractivity contribution in [1.29, 1.82) is 0 Å². The number of anilines is 1. The van der Waals surface area contributed by atoms with E-state index < -0.39 is 17.5 Å². The zero-order chi connectivity index (χ0) is 12.4. The second-order valence-electron chi connectivity index (χ2n) is 4.01. The van der Waals surface area contributed by atoms with Gasteiger partial charge in [0.1, 0.15) is 0 Å². The molecule has 2 rings (SSSR count). The van der Waals surface area contributed by atoms with Gasteiger partial charge in [-0.2, -0.15) is 0 Å². The van der Waals surface area contributed by atoms with Crippen LogP contribution in [0.4, 0.5) is 10.1 Å². The number of aromatic hydroxyl groups is 1. The van der Waals surface area contributed by atoms with E-state index in [-0.39, 0.29) is 5.56 Å². The number of phenolic OH excluding ortho intramolecular Hbond substituents is 1. The summed E-state index contributed by atoms with van der Waals surface area (Å²) in [6.07, 6.45) is 2.01. The number of nitrogens with zero attached hydrogens (tertiary/aromatic N) is 1. The lowest BCUT2D eigenvalue weighted by Crippen LogP contribution is -2.18. The normalized spacial score (nSPS) is 15.1. The van der Waals surface area contributed by atoms with Gasteiger partial charge in [-0.15, -0.1) is 0 Å². The highest BCUT2D eigenvalue weighted by Gasteiger charge is 2.21. The van der Waals surface area contributed by atoms with Crippen LogP contribution in [0.2, 0.25) is 0 Å². The van der Waals surface area contributed by atoms with Crippen molar-refractivity contribution in [2.24, 2.45) is 0 Å². The third-order valence-electron chi connectivity index (χ3n) is 2.91. The van der Waals surface area contributed by atoms with Gasteiger partial charge in [0, 0.05) is 13.1 Å². The first-order chi connectivity index (χ1) is 8.13. The van der Waals surface area contributed by atoms with E-state index >= 15 is 0 Å². The van der Waals surface area contributed by atoms with Gasteiger partial charge in [-0.25, -0.2) is 9.18 Å². The lowest BCUT2D eigenvalue weighted by molar-refractivity contribution is 0.0600. The van der Waals surface area contributed by atoms with Crippen molar-refractivity contribution in [2.75, 3.05) is 25.1 Å². The van der Waals surface area contributed by atoms with Gasteiger partial charge in [-0.3, -0.25) is 0 Å². The highest BCUT2D eigenvalue weighted by Crippen LogP contribution is 2.33. The summed E-state index contributed by atoms with van der Waals surface area (Å²) >= 11 is 0. The van der Waals surface area contributed by atoms with Crippen molar-refractivity contribution in [3.8, 4) is 5.75 Å². The average molecular weight is 239 g/mol. The van der Waals surface area contributed by atoms with E-state index in [0.29, 0.717) is 5.69 Å². The van der Waals surface area contributed by atoms with Crippen LogP contribution in [0.25, 0.3) is 0 Å². The molecule has 4 nitrogen and oxygen atoms in total. The first-order valence-electron chi connectivity index (χ1n) is 5.49. The molecule has 1 fully saturated rings. The van der Waals surface area contributed by atoms with Crippen molar-refractivity contribution in [1.82, 2.24) is 0 Å². The van der Waals surface area contributed by atoms with Crippen molar-refractivity contribution >= 4 is 11.7 Å². The third kappa shape index (κ3) is 2.18. The van der Waals surface area contributed by atoms with Crippen LogP contribution in [0.15, 0.2) is 12.1 Å². The van der Waals surface area contributed by atoms with Gasteiger partial charge in [-0.05, 0) is 25.0 Å². The standard InChI is InChI=1S/C12H14FNO3/c1-17-12(16)8-6-9(13)11(15)10(7-8)14-4-2-3-5-14/h6-7,15H,2-5H2,1H3. The molecule has 0 amide bonds. The van der Waals surface area contributed by atoms with Crippen molar-refractivity contribution in [2.45, 2.75) is 12.8 Å². The van der Waals surface area contributed by atoms with Crippen LogP contribution in [-0.2, 0) is 4.74 Å². The van der Waals surface area contributed by atoms with Crippen molar-refractivity contribution in [3.63, 3.8) is 0 Å². The molecule has 0 bridgehead atoms. The Hall–Kier alpha value is -1.78. The molecule has 0 saturated carbocycles. The number of hydrogen-bond acceptors (Lipinski definition) is 4. The number of esters is 1. The highest BCUT2D eigenvalue weighted by molar-refractivity contribution is 5.91. The highest BCUT2D eigenvalue weighted by atomic mass is 19.1. The van der Waals surface area contributed by atoms with Crippen molar-refractivity contribution in [3.05, 3.63) is 23.5 Å². The number of methoxy groups -OCH3 is 1. The predicted molar refractivity (Wildman–Crippen MR) is 60.9 cm³/mol. The van der Waals surface area contributed by atoms with Gasteiger partial charge < -0.3 is 14.7 Å². The maximum absolute atomic E-state index is 13.5. The van der Waals surface area contributed by atoms with Crippen LogP contribution in [0.1, 0.15) is 23.2 Å². The van der Waals surface area contributed by atoms with Gasteiger partial charge in [0.2, 0.25) is 0 Å². The quantitative estimate of drug-likeness (QED) is 0.801. The Bertz CT molecular complexity index is 442. The Kier molecular flexibility index (Phi) is 3.17. The van der Waals surface area contributed by atoms with E-state index in [2.05, 4.69) is 4.74 Å². The molecule has 5 heteroatoms. The zero-order valence-corrected chi connectivity index (χ0v) is 9.57. The summed E-state index contributed by atoms with van der Waals surface area (Å²) < 4.78 is 18.0. The summed E-state index contributed by atoms with van der Waals surface area (Å²) in [5.41, 5.74) is 0.479. The molecule has 92 valence electrons. The summed E-state index contributed by atoms with van der Waals surface area (Å²) in [6.45, 7) is 1.52. The molecule has 17 heavy (non-hydrogen) atoms. The predicted octanol–water partition coefficient (Wildman–Crippen LogP) is 1.92. The molecule has 1 N–H and O–H groups in total. The number of halogens is 1. The summed E-state index contributed by atoms with van der Waals surface area (Å²) in [5, 5.41) is 9.67. The monoisotopic (exact) mass is 239 g/mol. The van der Waals surface area contributed by atoms with E-state index in [1.165, 1.54) is 13.2 Å². The molecule has 1 saturated heterocycles. The minimum absolute atomic E-state index is 0.115. The molecular formula is C12H14FNO3. The molecule has 1 aromatic carbocycles. The SMILES string of the molecule is COC(=O)c1cc(F)c(O)c(N2CCCC2)c1. The molecular weight excluding hydrogens is 225 g/mol. The molecule has 1 aliphatic rings. The fourth-order valence-corrected chi connectivity index (χ4v) is 2.02. The number of rotatable bonds is 2. The Morgan fingerprint density at radius 3 is 2.65 bits per heavy atom. The van der Waals surface area contributed by atoms with E-state index in [1.54, 1.807) is 0 Å². The van der Waals surface area contributed by atoms with Crippen LogP contribution < -0.4 is 4.90 Å². The fraction of sp³-hybridized carbons (Fsp3) is 0.417. The fourth-order valence-electron chi connectivity index (χ4n) is 2.02. The summed E-state index contributed by atoms with van der Waals surface area (Å²) in [6, 6.07) is 2.45. The molecule has 0 radical (unpaired) electrons. The Labute approximate surface area is 98.6 Å². The van der Waals surface area contributed by atoms with Crippen molar-refractivity contribution < 1.29 is 19.0 Å². The molecule has 0 spiro atoms. The number of ether oxygens (including phenoxy) is 1. The van der Waals surface area contributed by atoms with Gasteiger partial charge in [-0.1, -0.05) is 0 Å². The lowest BCUT2D eigenvalue weighted by atomic mass is 10.1. The number of carbonyl (C=O) groups excluding carboxylic acids is 1. The minimum atomic E-state index is -0.796. The van der Waals surface area contributed by atoms with E-state index in [4.69, 9.17) is 0 Å². The van der Waals surface area contributed by atoms with Crippen LogP contribution in [-0.4, -0.2) is 31.3 Å². The number of phenols is 1.